The molecular formula is C18H11Cl3N2O3S. The van der Waals surface area contributed by atoms with Crippen LogP contribution in [0.1, 0.15) is 10.5 Å². The molecule has 138 valence electrons. The van der Waals surface area contributed by atoms with Crippen molar-refractivity contribution >= 4 is 63.7 Å². The number of thiazole rings is 1. The summed E-state index contributed by atoms with van der Waals surface area (Å²) in [5.41, 5.74) is 1.24. The number of carbonyl (C=O) groups excluding carboxylic acids is 2. The quantitative estimate of drug-likeness (QED) is 0.526. The monoisotopic (exact) mass is 440 g/mol. The van der Waals surface area contributed by atoms with E-state index in [1.807, 2.05) is 6.07 Å². The Morgan fingerprint density at radius 3 is 2.63 bits per heavy atom. The van der Waals surface area contributed by atoms with Crippen LogP contribution in [-0.4, -0.2) is 23.5 Å². The lowest BCUT2D eigenvalue weighted by atomic mass is 10.2. The topological polar surface area (TPSA) is 68.3 Å². The second-order valence-electron chi connectivity index (χ2n) is 5.30. The second kappa shape index (κ2) is 8.71. The van der Waals surface area contributed by atoms with Gasteiger partial charge in [-0.15, -0.1) is 11.3 Å². The number of ether oxygens (including phenoxy) is 1. The molecule has 1 heterocycles. The van der Waals surface area contributed by atoms with E-state index in [0.717, 1.165) is 5.56 Å². The third-order valence-electron chi connectivity index (χ3n) is 3.32. The predicted molar refractivity (Wildman–Crippen MR) is 108 cm³/mol. The summed E-state index contributed by atoms with van der Waals surface area (Å²) in [6, 6.07) is 11.8. The Balaban J connectivity index is 1.59. The average Bonchev–Trinajstić information content (AvgIpc) is 3.13. The zero-order valence-corrected chi connectivity index (χ0v) is 16.6. The van der Waals surface area contributed by atoms with Crippen molar-refractivity contribution in [2.45, 2.75) is 0 Å². The lowest BCUT2D eigenvalue weighted by molar-refractivity contribution is -0.119. The number of anilines is 1. The number of nitrogens with one attached hydrogen (secondary N) is 1. The standard InChI is InChI=1S/C18H11Cl3N2O3S/c19-11-3-1-2-10(6-11)17-23-15(9-27-17)18(25)26-8-16(24)22-14-7-12(20)4-5-13(14)21/h1-7,9H,8H2,(H,22,24). The Morgan fingerprint density at radius 1 is 1.07 bits per heavy atom. The first-order chi connectivity index (χ1) is 12.9. The van der Waals surface area contributed by atoms with Gasteiger partial charge in [-0.1, -0.05) is 46.9 Å². The van der Waals surface area contributed by atoms with Crippen LogP contribution in [0, 0.1) is 0 Å². The number of esters is 1. The molecule has 1 aromatic heterocycles. The first-order valence-electron chi connectivity index (χ1n) is 7.56. The lowest BCUT2D eigenvalue weighted by Crippen LogP contribution is -2.21. The minimum Gasteiger partial charge on any atom is -0.451 e. The first kappa shape index (κ1) is 19.6. The van der Waals surface area contributed by atoms with Gasteiger partial charge in [0.1, 0.15) is 5.01 Å². The summed E-state index contributed by atoms with van der Waals surface area (Å²) in [5, 5.41) is 6.03. The molecule has 0 unspecified atom stereocenters. The van der Waals surface area contributed by atoms with Crippen LogP contribution >= 0.6 is 46.1 Å². The van der Waals surface area contributed by atoms with Gasteiger partial charge in [0.15, 0.2) is 12.3 Å². The van der Waals surface area contributed by atoms with Crippen molar-refractivity contribution < 1.29 is 14.3 Å². The summed E-state index contributed by atoms with van der Waals surface area (Å²) in [7, 11) is 0. The summed E-state index contributed by atoms with van der Waals surface area (Å²) in [6.45, 7) is -0.480. The lowest BCUT2D eigenvalue weighted by Gasteiger charge is -2.07. The number of halogens is 3. The fourth-order valence-electron chi connectivity index (χ4n) is 2.11. The third kappa shape index (κ3) is 5.20. The maximum absolute atomic E-state index is 12.1. The van der Waals surface area contributed by atoms with Crippen LogP contribution in [0.25, 0.3) is 10.6 Å². The smallest absolute Gasteiger partial charge is 0.358 e. The molecule has 1 N–H and O–H groups in total. The normalized spacial score (nSPS) is 10.5. The van der Waals surface area contributed by atoms with Crippen molar-refractivity contribution in [2.24, 2.45) is 0 Å². The fraction of sp³-hybridized carbons (Fsp3) is 0.0556. The summed E-state index contributed by atoms with van der Waals surface area (Å²) in [4.78, 5) is 28.3. The number of carbonyl (C=O) groups is 2. The van der Waals surface area contributed by atoms with E-state index in [2.05, 4.69) is 10.3 Å². The highest BCUT2D eigenvalue weighted by molar-refractivity contribution is 7.13. The zero-order valence-electron chi connectivity index (χ0n) is 13.5. The molecule has 9 heteroatoms. The van der Waals surface area contributed by atoms with Crippen LogP contribution in [0.4, 0.5) is 5.69 Å². The number of rotatable bonds is 5. The SMILES string of the molecule is O=C(COC(=O)c1csc(-c2cccc(Cl)c2)n1)Nc1cc(Cl)ccc1Cl. The van der Waals surface area contributed by atoms with E-state index in [1.54, 1.807) is 35.7 Å². The maximum Gasteiger partial charge on any atom is 0.358 e. The number of nitrogens with zero attached hydrogens (tertiary/aromatic N) is 1. The van der Waals surface area contributed by atoms with Gasteiger partial charge in [0, 0.05) is 21.0 Å². The number of benzene rings is 2. The molecule has 0 aliphatic carbocycles. The number of hydrogen-bond acceptors (Lipinski definition) is 5. The molecule has 0 aliphatic heterocycles. The molecule has 1 amide bonds. The van der Waals surface area contributed by atoms with Gasteiger partial charge in [-0.25, -0.2) is 9.78 Å². The van der Waals surface area contributed by atoms with E-state index in [4.69, 9.17) is 39.5 Å². The van der Waals surface area contributed by atoms with Crippen LogP contribution < -0.4 is 5.32 Å². The third-order valence-corrected chi connectivity index (χ3v) is 5.01. The fourth-order valence-corrected chi connectivity index (χ4v) is 3.42. The highest BCUT2D eigenvalue weighted by Gasteiger charge is 2.16. The molecule has 3 rings (SSSR count). The minimum atomic E-state index is -0.702. The van der Waals surface area contributed by atoms with Crippen LogP contribution in [0.3, 0.4) is 0 Å². The molecule has 0 spiro atoms. The first-order valence-corrected chi connectivity index (χ1v) is 9.57. The van der Waals surface area contributed by atoms with Crippen molar-refractivity contribution in [3.63, 3.8) is 0 Å². The van der Waals surface area contributed by atoms with Gasteiger partial charge >= 0.3 is 5.97 Å². The Hall–Kier alpha value is -2.12. The molecule has 3 aromatic rings. The molecule has 0 saturated heterocycles. The van der Waals surface area contributed by atoms with Crippen molar-refractivity contribution in [3.05, 3.63) is 68.6 Å². The second-order valence-corrected chi connectivity index (χ2v) is 7.43. The Morgan fingerprint density at radius 2 is 1.85 bits per heavy atom. The van der Waals surface area contributed by atoms with E-state index < -0.39 is 18.5 Å². The Labute approximate surface area is 173 Å². The number of hydrogen-bond donors (Lipinski definition) is 1. The van der Waals surface area contributed by atoms with Gasteiger partial charge < -0.3 is 10.1 Å². The molecule has 0 atom stereocenters. The van der Waals surface area contributed by atoms with Gasteiger partial charge in [-0.3, -0.25) is 4.79 Å². The van der Waals surface area contributed by atoms with Gasteiger partial charge in [-0.05, 0) is 30.3 Å². The van der Waals surface area contributed by atoms with Crippen LogP contribution in [-0.2, 0) is 9.53 Å². The minimum absolute atomic E-state index is 0.114. The number of aromatic nitrogens is 1. The van der Waals surface area contributed by atoms with E-state index in [0.29, 0.717) is 25.8 Å². The molecule has 5 nitrogen and oxygen atoms in total. The van der Waals surface area contributed by atoms with E-state index in [9.17, 15) is 9.59 Å². The van der Waals surface area contributed by atoms with Crippen LogP contribution in [0.15, 0.2) is 47.8 Å². The summed E-state index contributed by atoms with van der Waals surface area (Å²) in [5.74, 6) is -1.25. The van der Waals surface area contributed by atoms with Crippen molar-refractivity contribution in [1.29, 1.82) is 0 Å². The number of amides is 1. The predicted octanol–water partition coefficient (Wildman–Crippen LogP) is 5.57. The van der Waals surface area contributed by atoms with Crippen molar-refractivity contribution in [3.8, 4) is 10.6 Å². The van der Waals surface area contributed by atoms with Gasteiger partial charge in [-0.2, -0.15) is 0 Å². The Bertz CT molecular complexity index is 1010. The summed E-state index contributed by atoms with van der Waals surface area (Å²) in [6.07, 6.45) is 0. The zero-order chi connectivity index (χ0) is 19.4. The van der Waals surface area contributed by atoms with Crippen molar-refractivity contribution in [2.75, 3.05) is 11.9 Å². The van der Waals surface area contributed by atoms with E-state index >= 15 is 0 Å². The van der Waals surface area contributed by atoms with Crippen LogP contribution in [0.5, 0.6) is 0 Å². The molecule has 27 heavy (non-hydrogen) atoms. The molecule has 0 fully saturated rings. The largest absolute Gasteiger partial charge is 0.451 e. The molecule has 0 saturated carbocycles. The van der Waals surface area contributed by atoms with Crippen LogP contribution in [0.2, 0.25) is 15.1 Å². The molecule has 0 radical (unpaired) electrons. The summed E-state index contributed by atoms with van der Waals surface area (Å²) < 4.78 is 5.00. The summed E-state index contributed by atoms with van der Waals surface area (Å²) >= 11 is 19.1. The van der Waals surface area contributed by atoms with E-state index in [-0.39, 0.29) is 5.69 Å². The van der Waals surface area contributed by atoms with Gasteiger partial charge in [0.25, 0.3) is 5.91 Å². The van der Waals surface area contributed by atoms with E-state index in [1.165, 1.54) is 17.4 Å². The highest BCUT2D eigenvalue weighted by Crippen LogP contribution is 2.27. The molecule has 0 aliphatic rings. The Kier molecular flexibility index (Phi) is 6.34. The van der Waals surface area contributed by atoms with Gasteiger partial charge in [0.2, 0.25) is 0 Å². The molecule has 0 bridgehead atoms. The maximum atomic E-state index is 12.1. The highest BCUT2D eigenvalue weighted by atomic mass is 35.5. The molecule has 2 aromatic carbocycles. The molecular weight excluding hydrogens is 431 g/mol. The average molecular weight is 442 g/mol. The van der Waals surface area contributed by atoms with Crippen molar-refractivity contribution in [1.82, 2.24) is 4.98 Å². The van der Waals surface area contributed by atoms with Gasteiger partial charge in [0.05, 0.1) is 10.7 Å².